The molecule has 0 N–H and O–H groups in total. The van der Waals surface area contributed by atoms with E-state index >= 15 is 0 Å². The van der Waals surface area contributed by atoms with Crippen LogP contribution in [0, 0.1) is 6.92 Å². The van der Waals surface area contributed by atoms with Crippen molar-refractivity contribution < 1.29 is 17.9 Å². The highest BCUT2D eigenvalue weighted by Crippen LogP contribution is 2.30. The van der Waals surface area contributed by atoms with Gasteiger partial charge in [-0.3, -0.25) is 0 Å². The van der Waals surface area contributed by atoms with Crippen LogP contribution in [0.25, 0.3) is 0 Å². The molecule has 6 nitrogen and oxygen atoms in total. The normalized spacial score (nSPS) is 17.9. The van der Waals surface area contributed by atoms with E-state index in [1.54, 1.807) is 35.7 Å². The zero-order valence-corrected chi connectivity index (χ0v) is 17.0. The molecule has 27 heavy (non-hydrogen) atoms. The fourth-order valence-corrected chi connectivity index (χ4v) is 4.85. The van der Waals surface area contributed by atoms with Gasteiger partial charge in [0.05, 0.1) is 18.0 Å². The number of hydrogen-bond acceptors (Lipinski definition) is 5. The van der Waals surface area contributed by atoms with Crippen molar-refractivity contribution in [2.45, 2.75) is 24.4 Å². The van der Waals surface area contributed by atoms with Gasteiger partial charge in [0, 0.05) is 18.7 Å². The SMILES string of the molecule is COc1ccc(S(=O)(=O)N2Cc3cc(C)ccc3OC[C@H]2CN(C)C)cc1. The van der Waals surface area contributed by atoms with Crippen molar-refractivity contribution in [2.75, 3.05) is 34.4 Å². The van der Waals surface area contributed by atoms with Crippen molar-refractivity contribution in [1.82, 2.24) is 9.21 Å². The second kappa shape index (κ2) is 7.88. The number of sulfonamides is 1. The number of likely N-dealkylation sites (N-methyl/N-ethyl adjacent to an activating group) is 1. The summed E-state index contributed by atoms with van der Waals surface area (Å²) in [5.41, 5.74) is 1.96. The number of benzene rings is 2. The maximum absolute atomic E-state index is 13.4. The molecule has 0 saturated heterocycles. The van der Waals surface area contributed by atoms with Crippen LogP contribution in [0.5, 0.6) is 11.5 Å². The first-order valence-corrected chi connectivity index (χ1v) is 10.3. The van der Waals surface area contributed by atoms with Gasteiger partial charge in [-0.15, -0.1) is 0 Å². The maximum Gasteiger partial charge on any atom is 0.243 e. The Labute approximate surface area is 161 Å². The first-order chi connectivity index (χ1) is 12.8. The number of methoxy groups -OCH3 is 1. The molecule has 1 aliphatic rings. The summed E-state index contributed by atoms with van der Waals surface area (Å²) in [6.45, 7) is 3.15. The molecule has 7 heteroatoms. The van der Waals surface area contributed by atoms with Crippen molar-refractivity contribution in [3.05, 3.63) is 53.6 Å². The lowest BCUT2D eigenvalue weighted by Gasteiger charge is -2.30. The standard InChI is InChI=1S/C20H26N2O4S/c1-15-5-10-20-16(11-15)12-22(17(14-26-20)13-21(2)3)27(23,24)19-8-6-18(25-4)7-9-19/h5-11,17H,12-14H2,1-4H3/t17-/m1/s1. The first-order valence-electron chi connectivity index (χ1n) is 8.84. The van der Waals surface area contributed by atoms with E-state index in [0.717, 1.165) is 16.9 Å². The van der Waals surface area contributed by atoms with E-state index in [1.165, 1.54) is 0 Å². The summed E-state index contributed by atoms with van der Waals surface area (Å²) < 4.78 is 39.5. The number of nitrogens with zero attached hydrogens (tertiary/aromatic N) is 2. The highest BCUT2D eigenvalue weighted by molar-refractivity contribution is 7.89. The lowest BCUT2D eigenvalue weighted by Crippen LogP contribution is -2.47. The Hall–Kier alpha value is -2.09. The summed E-state index contributed by atoms with van der Waals surface area (Å²) in [4.78, 5) is 2.23. The van der Waals surface area contributed by atoms with Crippen LogP contribution in [0.1, 0.15) is 11.1 Å². The van der Waals surface area contributed by atoms with Gasteiger partial charge in [0.15, 0.2) is 0 Å². The average Bonchev–Trinajstić information content (AvgIpc) is 2.81. The fraction of sp³-hybridized carbons (Fsp3) is 0.400. The van der Waals surface area contributed by atoms with E-state index in [-0.39, 0.29) is 17.5 Å². The zero-order valence-electron chi connectivity index (χ0n) is 16.2. The lowest BCUT2D eigenvalue weighted by molar-refractivity contribution is 0.184. The molecule has 1 atom stereocenters. The van der Waals surface area contributed by atoms with Gasteiger partial charge >= 0.3 is 0 Å². The molecular weight excluding hydrogens is 364 g/mol. The number of rotatable bonds is 5. The van der Waals surface area contributed by atoms with E-state index < -0.39 is 10.0 Å². The lowest BCUT2D eigenvalue weighted by atomic mass is 10.1. The van der Waals surface area contributed by atoms with Gasteiger partial charge in [-0.2, -0.15) is 4.31 Å². The van der Waals surface area contributed by atoms with Gasteiger partial charge in [-0.25, -0.2) is 8.42 Å². The van der Waals surface area contributed by atoms with Crippen LogP contribution in [-0.4, -0.2) is 58.0 Å². The molecule has 1 aliphatic heterocycles. The maximum atomic E-state index is 13.4. The zero-order chi connectivity index (χ0) is 19.6. The van der Waals surface area contributed by atoms with Crippen molar-refractivity contribution in [3.8, 4) is 11.5 Å². The molecular formula is C20H26N2O4S. The monoisotopic (exact) mass is 390 g/mol. The van der Waals surface area contributed by atoms with Crippen molar-refractivity contribution in [1.29, 1.82) is 0 Å². The fourth-order valence-electron chi connectivity index (χ4n) is 3.27. The van der Waals surface area contributed by atoms with Crippen molar-refractivity contribution >= 4 is 10.0 Å². The largest absolute Gasteiger partial charge is 0.497 e. The number of ether oxygens (including phenoxy) is 2. The number of fused-ring (bicyclic) bond motifs is 1. The Morgan fingerprint density at radius 3 is 2.52 bits per heavy atom. The minimum Gasteiger partial charge on any atom is -0.497 e. The van der Waals surface area contributed by atoms with Crippen LogP contribution in [0.3, 0.4) is 0 Å². The van der Waals surface area contributed by atoms with Crippen LogP contribution in [0.4, 0.5) is 0 Å². The van der Waals surface area contributed by atoms with E-state index in [0.29, 0.717) is 18.9 Å². The third-order valence-electron chi connectivity index (χ3n) is 4.62. The van der Waals surface area contributed by atoms with E-state index in [9.17, 15) is 8.42 Å². The number of aryl methyl sites for hydroxylation is 1. The first kappa shape index (κ1) is 19.7. The second-order valence-corrected chi connectivity index (χ2v) is 8.95. The highest BCUT2D eigenvalue weighted by atomic mass is 32.2. The molecule has 0 unspecified atom stereocenters. The Morgan fingerprint density at radius 1 is 1.19 bits per heavy atom. The summed E-state index contributed by atoms with van der Waals surface area (Å²) in [6.07, 6.45) is 0. The summed E-state index contributed by atoms with van der Waals surface area (Å²) in [5.74, 6) is 1.37. The quantitative estimate of drug-likeness (QED) is 0.785. The molecule has 1 heterocycles. The highest BCUT2D eigenvalue weighted by Gasteiger charge is 2.35. The minimum absolute atomic E-state index is 0.253. The molecule has 0 fully saturated rings. The van der Waals surface area contributed by atoms with Gasteiger partial charge < -0.3 is 14.4 Å². The second-order valence-electron chi connectivity index (χ2n) is 7.06. The predicted octanol–water partition coefficient (Wildman–Crippen LogP) is 2.52. The Morgan fingerprint density at radius 2 is 1.89 bits per heavy atom. The van der Waals surface area contributed by atoms with E-state index in [2.05, 4.69) is 0 Å². The average molecular weight is 391 g/mol. The summed E-state index contributed by atoms with van der Waals surface area (Å²) in [5, 5.41) is 0. The molecule has 0 amide bonds. The molecule has 0 bridgehead atoms. The Balaban J connectivity index is 2.02. The topological polar surface area (TPSA) is 59.1 Å². The van der Waals surface area contributed by atoms with Crippen molar-refractivity contribution in [3.63, 3.8) is 0 Å². The molecule has 0 radical (unpaired) electrons. The molecule has 2 aromatic rings. The summed E-state index contributed by atoms with van der Waals surface area (Å²) in [6, 6.07) is 12.1. The van der Waals surface area contributed by atoms with Gasteiger partial charge in [0.25, 0.3) is 0 Å². The third kappa shape index (κ3) is 4.26. The van der Waals surface area contributed by atoms with Gasteiger partial charge in [0.1, 0.15) is 18.1 Å². The summed E-state index contributed by atoms with van der Waals surface area (Å²) >= 11 is 0. The molecule has 3 rings (SSSR count). The molecule has 0 aliphatic carbocycles. The molecule has 0 spiro atoms. The molecule has 2 aromatic carbocycles. The van der Waals surface area contributed by atoms with Crippen molar-refractivity contribution in [2.24, 2.45) is 0 Å². The van der Waals surface area contributed by atoms with Gasteiger partial charge in [-0.1, -0.05) is 17.7 Å². The Kier molecular flexibility index (Phi) is 5.74. The minimum atomic E-state index is -3.69. The predicted molar refractivity (Wildman–Crippen MR) is 105 cm³/mol. The third-order valence-corrected chi connectivity index (χ3v) is 6.54. The van der Waals surface area contributed by atoms with E-state index in [4.69, 9.17) is 9.47 Å². The van der Waals surface area contributed by atoms with Crippen LogP contribution in [-0.2, 0) is 16.6 Å². The van der Waals surface area contributed by atoms with Crippen LogP contribution in [0.15, 0.2) is 47.4 Å². The molecule has 146 valence electrons. The smallest absolute Gasteiger partial charge is 0.243 e. The summed E-state index contributed by atoms with van der Waals surface area (Å²) in [7, 11) is 1.73. The van der Waals surface area contributed by atoms with Gasteiger partial charge in [-0.05, 0) is 51.4 Å². The number of hydrogen-bond donors (Lipinski definition) is 0. The molecule has 0 saturated carbocycles. The Bertz CT molecular complexity index is 895. The molecule has 0 aromatic heterocycles. The van der Waals surface area contributed by atoms with Crippen LogP contribution < -0.4 is 9.47 Å². The van der Waals surface area contributed by atoms with E-state index in [1.807, 2.05) is 44.1 Å². The van der Waals surface area contributed by atoms with Crippen LogP contribution in [0.2, 0.25) is 0 Å². The van der Waals surface area contributed by atoms with Gasteiger partial charge in [0.2, 0.25) is 10.0 Å². The van der Waals surface area contributed by atoms with Crippen LogP contribution >= 0.6 is 0 Å².